The maximum Gasteiger partial charge on any atom is 0.408 e. The first-order valence-corrected chi connectivity index (χ1v) is 11.1. The molecule has 2 N–H and O–H groups in total. The third-order valence-electron chi connectivity index (χ3n) is 4.48. The van der Waals surface area contributed by atoms with Crippen LogP contribution in [0.4, 0.5) is 4.79 Å². The lowest BCUT2D eigenvalue weighted by Crippen LogP contribution is -2.50. The van der Waals surface area contributed by atoms with E-state index >= 15 is 0 Å². The van der Waals surface area contributed by atoms with Crippen LogP contribution >= 0.6 is 0 Å². The Balaban J connectivity index is 3.18. The molecule has 2 unspecified atom stereocenters. The van der Waals surface area contributed by atoms with E-state index < -0.39 is 41.6 Å². The fourth-order valence-corrected chi connectivity index (χ4v) is 3.22. The molecule has 1 rings (SSSR count). The van der Waals surface area contributed by atoms with Crippen molar-refractivity contribution in [2.75, 3.05) is 13.2 Å². The van der Waals surface area contributed by atoms with Crippen LogP contribution in [0.2, 0.25) is 0 Å². The summed E-state index contributed by atoms with van der Waals surface area (Å²) < 4.78 is 10.1. The molecule has 1 aromatic carbocycles. The minimum Gasteiger partial charge on any atom is -0.466 e. The number of carbonyl (C=O) groups excluding carboxylic acids is 4. The molecule has 0 aliphatic carbocycles. The van der Waals surface area contributed by atoms with Crippen molar-refractivity contribution in [2.45, 2.75) is 72.6 Å². The van der Waals surface area contributed by atoms with E-state index in [1.807, 2.05) is 19.9 Å². The molecule has 3 amide bonds. The quantitative estimate of drug-likeness (QED) is 0.324. The number of benzene rings is 1. The molecule has 9 nitrogen and oxygen atoms in total. The molecule has 0 aliphatic rings. The molecular weight excluding hydrogens is 438 g/mol. The van der Waals surface area contributed by atoms with Gasteiger partial charge in [-0.05, 0) is 54.0 Å². The van der Waals surface area contributed by atoms with Crippen LogP contribution in [0.15, 0.2) is 18.2 Å². The Hall–Kier alpha value is -3.54. The van der Waals surface area contributed by atoms with Crippen molar-refractivity contribution in [2.24, 2.45) is 0 Å². The lowest BCUT2D eigenvalue weighted by Gasteiger charge is -2.29. The summed E-state index contributed by atoms with van der Waals surface area (Å²) in [6, 6.07) is 5.48. The van der Waals surface area contributed by atoms with Gasteiger partial charge < -0.3 is 20.1 Å². The van der Waals surface area contributed by atoms with E-state index in [0.717, 1.165) is 16.0 Å². The zero-order valence-electron chi connectivity index (χ0n) is 21.0. The van der Waals surface area contributed by atoms with Crippen LogP contribution in [0.5, 0.6) is 0 Å². The van der Waals surface area contributed by atoms with Crippen LogP contribution in [-0.4, -0.2) is 53.6 Å². The smallest absolute Gasteiger partial charge is 0.408 e. The molecule has 0 radical (unpaired) electrons. The zero-order valence-corrected chi connectivity index (χ0v) is 21.0. The predicted octanol–water partition coefficient (Wildman–Crippen LogP) is 2.75. The number of amides is 3. The number of rotatable bonds is 9. The van der Waals surface area contributed by atoms with Gasteiger partial charge in [-0.25, -0.2) is 4.79 Å². The van der Waals surface area contributed by atoms with Crippen molar-refractivity contribution >= 4 is 23.9 Å². The maximum absolute atomic E-state index is 13.2. The van der Waals surface area contributed by atoms with E-state index in [4.69, 9.17) is 15.9 Å². The van der Waals surface area contributed by atoms with Crippen molar-refractivity contribution in [3.63, 3.8) is 0 Å². The van der Waals surface area contributed by atoms with Crippen LogP contribution < -0.4 is 10.6 Å². The molecule has 9 heteroatoms. The highest BCUT2D eigenvalue weighted by Crippen LogP contribution is 2.24. The molecule has 1 aromatic rings. The second-order valence-electron chi connectivity index (χ2n) is 8.87. The summed E-state index contributed by atoms with van der Waals surface area (Å²) in [6.45, 7) is 12.2. The summed E-state index contributed by atoms with van der Waals surface area (Å²) in [7, 11) is 0. The van der Waals surface area contributed by atoms with E-state index in [2.05, 4.69) is 16.7 Å². The number of hydrogen-bond donors (Lipinski definition) is 2. The number of nitrogens with one attached hydrogen (secondary N) is 2. The van der Waals surface area contributed by atoms with Crippen LogP contribution in [0.1, 0.15) is 63.8 Å². The fraction of sp³-hybridized carbons (Fsp3) is 0.520. The number of alkyl carbamates (subject to hydrolysis) is 1. The predicted molar refractivity (Wildman–Crippen MR) is 127 cm³/mol. The van der Waals surface area contributed by atoms with Gasteiger partial charge in [-0.1, -0.05) is 35.7 Å². The van der Waals surface area contributed by atoms with Gasteiger partial charge in [-0.15, -0.1) is 0 Å². The van der Waals surface area contributed by atoms with Crippen LogP contribution in [-0.2, 0) is 23.9 Å². The third kappa shape index (κ3) is 9.14. The molecule has 0 fully saturated rings. The number of carbonyl (C=O) groups is 4. The zero-order chi connectivity index (χ0) is 26.1. The Morgan fingerprint density at radius 2 is 1.71 bits per heavy atom. The van der Waals surface area contributed by atoms with E-state index in [-0.39, 0.29) is 19.6 Å². The maximum atomic E-state index is 13.2. The SMILES string of the molecule is C#CN(C(=O)C(C)NC(=O)OC(C)(C)C)C(C(=O)NCCC(=O)OCC)c1cc(C)cc(C)c1. The normalized spacial score (nSPS) is 12.5. The number of nitrogens with zero attached hydrogens (tertiary/aromatic N) is 1. The van der Waals surface area contributed by atoms with Crippen molar-refractivity contribution in [3.05, 3.63) is 34.9 Å². The molecular formula is C25H35N3O6. The Kier molecular flexibility index (Phi) is 10.6. The van der Waals surface area contributed by atoms with Gasteiger partial charge in [0.15, 0.2) is 0 Å². The fourth-order valence-electron chi connectivity index (χ4n) is 3.22. The summed E-state index contributed by atoms with van der Waals surface area (Å²) in [5.41, 5.74) is 1.51. The second kappa shape index (κ2) is 12.6. The molecule has 2 atom stereocenters. The number of aryl methyl sites for hydroxylation is 2. The first kappa shape index (κ1) is 28.5. The number of esters is 1. The van der Waals surface area contributed by atoms with Crippen molar-refractivity contribution in [3.8, 4) is 12.5 Å². The van der Waals surface area contributed by atoms with Crippen LogP contribution in [0.3, 0.4) is 0 Å². The highest BCUT2D eigenvalue weighted by Gasteiger charge is 2.34. The Labute approximate surface area is 201 Å². The van der Waals surface area contributed by atoms with Crippen molar-refractivity contribution in [1.29, 1.82) is 0 Å². The lowest BCUT2D eigenvalue weighted by atomic mass is 9.99. The highest BCUT2D eigenvalue weighted by molar-refractivity contribution is 5.93. The van der Waals surface area contributed by atoms with E-state index in [9.17, 15) is 19.2 Å². The van der Waals surface area contributed by atoms with E-state index in [0.29, 0.717) is 5.56 Å². The summed E-state index contributed by atoms with van der Waals surface area (Å²) in [4.78, 5) is 51.1. The summed E-state index contributed by atoms with van der Waals surface area (Å²) in [6.07, 6.45) is 4.86. The summed E-state index contributed by atoms with van der Waals surface area (Å²) in [5, 5.41) is 5.10. The molecule has 0 heterocycles. The van der Waals surface area contributed by atoms with Gasteiger partial charge in [0, 0.05) is 12.6 Å². The highest BCUT2D eigenvalue weighted by atomic mass is 16.6. The molecule has 0 spiro atoms. The molecule has 186 valence electrons. The summed E-state index contributed by atoms with van der Waals surface area (Å²) in [5.74, 6) is -1.69. The topological polar surface area (TPSA) is 114 Å². The van der Waals surface area contributed by atoms with Gasteiger partial charge in [0.25, 0.3) is 5.91 Å². The molecule has 0 saturated heterocycles. The van der Waals surface area contributed by atoms with Gasteiger partial charge in [-0.2, -0.15) is 0 Å². The van der Waals surface area contributed by atoms with Crippen molar-refractivity contribution < 1.29 is 28.7 Å². The molecule has 0 aromatic heterocycles. The number of ether oxygens (including phenoxy) is 2. The monoisotopic (exact) mass is 473 g/mol. The standard InChI is InChI=1S/C25H35N3O6/c1-9-28(23(31)18(5)27-24(32)34-25(6,7)8)21(19-14-16(3)13-17(4)15-19)22(30)26-12-11-20(29)33-10-2/h1,13-15,18,21H,10-12H2,2-8H3,(H,26,30)(H,27,32). The molecule has 34 heavy (non-hydrogen) atoms. The van der Waals surface area contributed by atoms with Gasteiger partial charge in [-0.3, -0.25) is 19.3 Å². The Morgan fingerprint density at radius 1 is 1.12 bits per heavy atom. The van der Waals surface area contributed by atoms with Crippen LogP contribution in [0.25, 0.3) is 0 Å². The average molecular weight is 474 g/mol. The first-order valence-electron chi connectivity index (χ1n) is 11.1. The summed E-state index contributed by atoms with van der Waals surface area (Å²) >= 11 is 0. The Morgan fingerprint density at radius 3 is 2.21 bits per heavy atom. The average Bonchev–Trinajstić information content (AvgIpc) is 2.69. The molecule has 0 saturated carbocycles. The Bertz CT molecular complexity index is 925. The number of terminal acetylenes is 1. The van der Waals surface area contributed by atoms with Gasteiger partial charge in [0.05, 0.1) is 13.0 Å². The molecule has 0 aliphatic heterocycles. The van der Waals surface area contributed by atoms with E-state index in [1.165, 1.54) is 6.92 Å². The first-order chi connectivity index (χ1) is 15.8. The largest absolute Gasteiger partial charge is 0.466 e. The van der Waals surface area contributed by atoms with Gasteiger partial charge >= 0.3 is 12.1 Å². The molecule has 0 bridgehead atoms. The number of hydrogen-bond acceptors (Lipinski definition) is 6. The van der Waals surface area contributed by atoms with E-state index in [1.54, 1.807) is 39.8 Å². The lowest BCUT2D eigenvalue weighted by molar-refractivity contribution is -0.143. The van der Waals surface area contributed by atoms with Gasteiger partial charge in [0.2, 0.25) is 5.91 Å². The second-order valence-corrected chi connectivity index (χ2v) is 8.87. The van der Waals surface area contributed by atoms with Gasteiger partial charge in [0.1, 0.15) is 17.7 Å². The third-order valence-corrected chi connectivity index (χ3v) is 4.48. The van der Waals surface area contributed by atoms with Crippen molar-refractivity contribution in [1.82, 2.24) is 15.5 Å². The minimum atomic E-state index is -1.18. The minimum absolute atomic E-state index is 0.0112. The van der Waals surface area contributed by atoms with Crippen LogP contribution in [0, 0.1) is 26.3 Å².